The highest BCUT2D eigenvalue weighted by molar-refractivity contribution is 5.87. The number of piperazine rings is 1. The zero-order chi connectivity index (χ0) is 22.9. The van der Waals surface area contributed by atoms with Gasteiger partial charge in [0, 0.05) is 25.2 Å². The molecule has 3 heterocycles. The molecule has 8 heteroatoms. The van der Waals surface area contributed by atoms with Gasteiger partial charge in [0.25, 0.3) is 0 Å². The number of nitrogens with zero attached hydrogens (tertiary/aromatic N) is 4. The first kappa shape index (κ1) is 21.1. The molecule has 2 bridgehead atoms. The Hall–Kier alpha value is -2.50. The zero-order valence-corrected chi connectivity index (χ0v) is 18.7. The number of nitrogens with two attached hydrogens (primary N) is 1. The smallest absolute Gasteiger partial charge is 0.242 e. The van der Waals surface area contributed by atoms with Crippen LogP contribution in [0.4, 0.5) is 4.39 Å². The highest BCUT2D eigenvalue weighted by Gasteiger charge is 2.58. The minimum Gasteiger partial charge on any atom is -0.327 e. The Bertz CT molecular complexity index is 1020. The van der Waals surface area contributed by atoms with Gasteiger partial charge in [-0.3, -0.25) is 14.5 Å². The van der Waals surface area contributed by atoms with Crippen molar-refractivity contribution in [3.8, 4) is 6.07 Å². The van der Waals surface area contributed by atoms with Gasteiger partial charge in [0.2, 0.25) is 11.8 Å². The molecule has 0 aromatic heterocycles. The maximum atomic E-state index is 13.6. The number of hydrogen-bond acceptors (Lipinski definition) is 5. The molecule has 1 aromatic carbocycles. The van der Waals surface area contributed by atoms with Gasteiger partial charge in [-0.2, -0.15) is 5.26 Å². The van der Waals surface area contributed by atoms with E-state index in [1.54, 1.807) is 4.90 Å². The van der Waals surface area contributed by atoms with E-state index in [1.807, 2.05) is 12.1 Å². The number of carbonyl (C=O) groups is 2. The van der Waals surface area contributed by atoms with Crippen molar-refractivity contribution in [2.75, 3.05) is 13.1 Å². The standard InChI is InChI=1S/C25H30FN5O2/c26-17-5-3-16(4-6-17)25(7-1-2-8-25)31-19-11-22(24(31)33)29(13-19)14-20(28)23(32)30-18(12-27)9-15-10-21(15)30/h3-6,15,18-22H,1-2,7-11,13-14,28H2/t15-,18+,19?,20+,21+,22-/m1/s1. The van der Waals surface area contributed by atoms with Crippen molar-refractivity contribution in [1.82, 2.24) is 14.7 Å². The first-order valence-electron chi connectivity index (χ1n) is 12.2. The Kier molecular flexibility index (Phi) is 4.79. The average molecular weight is 452 g/mol. The van der Waals surface area contributed by atoms with Gasteiger partial charge in [-0.15, -0.1) is 0 Å². The summed E-state index contributed by atoms with van der Waals surface area (Å²) in [5, 5.41) is 9.41. The number of amides is 2. The van der Waals surface area contributed by atoms with Crippen LogP contribution in [0, 0.1) is 23.1 Å². The molecule has 33 heavy (non-hydrogen) atoms. The maximum Gasteiger partial charge on any atom is 0.242 e. The lowest BCUT2D eigenvalue weighted by Gasteiger charge is -2.46. The minimum atomic E-state index is -0.724. The van der Waals surface area contributed by atoms with Crippen molar-refractivity contribution >= 4 is 11.8 Å². The third kappa shape index (κ3) is 3.12. The molecule has 5 fully saturated rings. The van der Waals surface area contributed by atoms with Gasteiger partial charge in [-0.1, -0.05) is 25.0 Å². The number of likely N-dealkylation sites (tertiary alicyclic amines) is 3. The lowest BCUT2D eigenvalue weighted by molar-refractivity contribution is -0.146. The van der Waals surface area contributed by atoms with E-state index in [1.165, 1.54) is 12.1 Å². The third-order valence-electron chi connectivity index (χ3n) is 8.80. The van der Waals surface area contributed by atoms with Gasteiger partial charge in [-0.05, 0) is 55.7 Å². The molecule has 6 atom stereocenters. The zero-order valence-electron chi connectivity index (χ0n) is 18.7. The summed E-state index contributed by atoms with van der Waals surface area (Å²) in [5.41, 5.74) is 7.01. The molecule has 0 spiro atoms. The molecule has 1 unspecified atom stereocenters. The van der Waals surface area contributed by atoms with Crippen LogP contribution in [0.1, 0.15) is 50.5 Å². The molecule has 5 aliphatic rings. The van der Waals surface area contributed by atoms with E-state index >= 15 is 0 Å². The summed E-state index contributed by atoms with van der Waals surface area (Å²) in [6, 6.07) is 7.81. The monoisotopic (exact) mass is 451 g/mol. The number of rotatable bonds is 5. The normalized spacial score (nSPS) is 35.1. The fourth-order valence-corrected chi connectivity index (χ4v) is 7.23. The van der Waals surface area contributed by atoms with E-state index in [4.69, 9.17) is 5.73 Å². The number of benzene rings is 1. The third-order valence-corrected chi connectivity index (χ3v) is 8.80. The van der Waals surface area contributed by atoms with E-state index < -0.39 is 6.04 Å². The summed E-state index contributed by atoms with van der Waals surface area (Å²) >= 11 is 0. The lowest BCUT2D eigenvalue weighted by atomic mass is 9.85. The summed E-state index contributed by atoms with van der Waals surface area (Å²) < 4.78 is 13.6. The number of fused-ring (bicyclic) bond motifs is 3. The first-order valence-corrected chi connectivity index (χ1v) is 12.2. The molecule has 3 saturated heterocycles. The number of nitriles is 1. The molecule has 2 saturated carbocycles. The molecule has 0 radical (unpaired) electrons. The van der Waals surface area contributed by atoms with Crippen LogP contribution in [0.5, 0.6) is 0 Å². The van der Waals surface area contributed by atoms with E-state index in [0.717, 1.165) is 50.5 Å². The number of piperidine rings is 1. The predicted molar refractivity (Wildman–Crippen MR) is 118 cm³/mol. The van der Waals surface area contributed by atoms with Gasteiger partial charge in [0.1, 0.15) is 11.9 Å². The van der Waals surface area contributed by atoms with Crippen molar-refractivity contribution in [3.63, 3.8) is 0 Å². The van der Waals surface area contributed by atoms with Crippen LogP contribution in [0.3, 0.4) is 0 Å². The largest absolute Gasteiger partial charge is 0.327 e. The lowest BCUT2D eigenvalue weighted by Crippen LogP contribution is -2.60. The minimum absolute atomic E-state index is 0.0828. The Morgan fingerprint density at radius 2 is 1.94 bits per heavy atom. The number of hydrogen-bond donors (Lipinski definition) is 1. The van der Waals surface area contributed by atoms with Crippen LogP contribution in [0.15, 0.2) is 24.3 Å². The van der Waals surface area contributed by atoms with Crippen LogP contribution in [-0.2, 0) is 15.1 Å². The summed E-state index contributed by atoms with van der Waals surface area (Å²) in [7, 11) is 0. The van der Waals surface area contributed by atoms with Gasteiger partial charge >= 0.3 is 0 Å². The fourth-order valence-electron chi connectivity index (χ4n) is 7.23. The Balaban J connectivity index is 1.17. The van der Waals surface area contributed by atoms with Crippen molar-refractivity contribution in [3.05, 3.63) is 35.6 Å². The molecule has 2 N–H and O–H groups in total. The van der Waals surface area contributed by atoms with E-state index in [2.05, 4.69) is 15.9 Å². The first-order chi connectivity index (χ1) is 15.9. The molecular weight excluding hydrogens is 421 g/mol. The van der Waals surface area contributed by atoms with Gasteiger partial charge < -0.3 is 15.5 Å². The molecule has 7 nitrogen and oxygen atoms in total. The summed E-state index contributed by atoms with van der Waals surface area (Å²) in [6.45, 7) is 1.04. The molecular formula is C25H30FN5O2. The van der Waals surface area contributed by atoms with Crippen LogP contribution in [-0.4, -0.2) is 69.8 Å². The quantitative estimate of drug-likeness (QED) is 0.736. The second kappa shape index (κ2) is 7.51. The summed E-state index contributed by atoms with van der Waals surface area (Å²) in [5.74, 6) is 0.144. The van der Waals surface area contributed by atoms with Gasteiger partial charge in [0.15, 0.2) is 0 Å². The Morgan fingerprint density at radius 1 is 1.21 bits per heavy atom. The molecule has 6 rings (SSSR count). The van der Waals surface area contributed by atoms with E-state index in [0.29, 0.717) is 19.0 Å². The number of halogens is 1. The topological polar surface area (TPSA) is 93.7 Å². The van der Waals surface area contributed by atoms with Crippen LogP contribution in [0.25, 0.3) is 0 Å². The molecule has 2 amide bonds. The molecule has 2 aliphatic carbocycles. The number of carbonyl (C=O) groups excluding carboxylic acids is 2. The molecule has 1 aromatic rings. The fraction of sp³-hybridized carbons (Fsp3) is 0.640. The SMILES string of the molecule is N#C[C@@H]1C[C@@H]2C[C@@H]2N1C(=O)[C@@H](N)CN1CC2C[C@@H]1C(=O)N2C1(c2ccc(F)cc2)CCCC1. The predicted octanol–water partition coefficient (Wildman–Crippen LogP) is 1.72. The van der Waals surface area contributed by atoms with Crippen molar-refractivity contribution < 1.29 is 14.0 Å². The van der Waals surface area contributed by atoms with Crippen molar-refractivity contribution in [1.29, 1.82) is 5.26 Å². The molecule has 174 valence electrons. The Labute approximate surface area is 193 Å². The van der Waals surface area contributed by atoms with Crippen LogP contribution < -0.4 is 5.73 Å². The second-order valence-corrected chi connectivity index (χ2v) is 10.6. The van der Waals surface area contributed by atoms with Crippen molar-refractivity contribution in [2.24, 2.45) is 11.7 Å². The highest BCUT2D eigenvalue weighted by Crippen LogP contribution is 2.50. The van der Waals surface area contributed by atoms with Crippen molar-refractivity contribution in [2.45, 2.75) is 80.7 Å². The summed E-state index contributed by atoms with van der Waals surface area (Å²) in [6.07, 6.45) is 6.39. The van der Waals surface area contributed by atoms with Crippen LogP contribution in [0.2, 0.25) is 0 Å². The van der Waals surface area contributed by atoms with Gasteiger partial charge in [-0.25, -0.2) is 4.39 Å². The summed E-state index contributed by atoms with van der Waals surface area (Å²) in [4.78, 5) is 32.5. The maximum absolute atomic E-state index is 13.6. The van der Waals surface area contributed by atoms with Crippen LogP contribution >= 0.6 is 0 Å². The highest BCUT2D eigenvalue weighted by atomic mass is 19.1. The second-order valence-electron chi connectivity index (χ2n) is 10.6. The van der Waals surface area contributed by atoms with E-state index in [9.17, 15) is 19.2 Å². The average Bonchev–Trinajstić information content (AvgIpc) is 3.20. The van der Waals surface area contributed by atoms with Gasteiger partial charge in [0.05, 0.1) is 23.7 Å². The van der Waals surface area contributed by atoms with E-state index in [-0.39, 0.29) is 47.3 Å². The molecule has 3 aliphatic heterocycles. The Morgan fingerprint density at radius 3 is 2.61 bits per heavy atom.